The van der Waals surface area contributed by atoms with Crippen molar-refractivity contribution in [3.8, 4) is 0 Å². The molecule has 18 heavy (non-hydrogen) atoms. The van der Waals surface area contributed by atoms with Crippen LogP contribution >= 0.6 is 0 Å². The Kier molecular flexibility index (Phi) is 3.97. The highest BCUT2D eigenvalue weighted by Gasteiger charge is 2.35. The molecule has 1 aliphatic heterocycles. The normalized spacial score (nSPS) is 24.0. The zero-order chi connectivity index (χ0) is 13.2. The molecule has 0 radical (unpaired) electrons. The first-order valence-electron chi connectivity index (χ1n) is 6.06. The predicted molar refractivity (Wildman–Crippen MR) is 67.4 cm³/mol. The molecule has 0 bridgehead atoms. The van der Waals surface area contributed by atoms with Gasteiger partial charge in [0, 0.05) is 17.8 Å². The molecule has 0 spiro atoms. The van der Waals surface area contributed by atoms with Gasteiger partial charge in [-0.15, -0.1) is 0 Å². The molecule has 1 saturated heterocycles. The third-order valence-corrected chi connectivity index (χ3v) is 5.10. The molecule has 4 nitrogen and oxygen atoms in total. The zero-order valence-corrected chi connectivity index (χ0v) is 11.1. The number of aromatic nitrogens is 1. The van der Waals surface area contributed by atoms with Crippen LogP contribution in [0, 0.1) is 11.7 Å². The van der Waals surface area contributed by atoms with E-state index in [1.807, 2.05) is 6.92 Å². The van der Waals surface area contributed by atoms with Crippen molar-refractivity contribution in [2.24, 2.45) is 5.92 Å². The summed E-state index contributed by atoms with van der Waals surface area (Å²) in [4.78, 5) is 3.72. The van der Waals surface area contributed by atoms with Crippen molar-refractivity contribution in [2.75, 3.05) is 18.1 Å². The molecule has 2 unspecified atom stereocenters. The Bertz CT molecular complexity index is 519. The average Bonchev–Trinajstić information content (AvgIpc) is 2.68. The van der Waals surface area contributed by atoms with Crippen molar-refractivity contribution in [3.05, 3.63) is 29.8 Å². The van der Waals surface area contributed by atoms with Crippen LogP contribution in [0.3, 0.4) is 0 Å². The van der Waals surface area contributed by atoms with E-state index >= 15 is 0 Å². The Balaban J connectivity index is 2.27. The Morgan fingerprint density at radius 3 is 2.94 bits per heavy atom. The van der Waals surface area contributed by atoms with Gasteiger partial charge in [-0.1, -0.05) is 6.92 Å². The van der Waals surface area contributed by atoms with Crippen LogP contribution in [0.25, 0.3) is 0 Å². The molecule has 1 N–H and O–H groups in total. The fourth-order valence-corrected chi connectivity index (χ4v) is 4.32. The van der Waals surface area contributed by atoms with Crippen molar-refractivity contribution < 1.29 is 12.8 Å². The summed E-state index contributed by atoms with van der Waals surface area (Å²) in [6.45, 7) is 2.60. The lowest BCUT2D eigenvalue weighted by Gasteiger charge is -2.24. The molecule has 0 saturated carbocycles. The fraction of sp³-hybridized carbons (Fsp3) is 0.583. The number of sulfone groups is 1. The van der Waals surface area contributed by atoms with Gasteiger partial charge in [0.25, 0.3) is 0 Å². The smallest absolute Gasteiger partial charge is 0.150 e. The van der Waals surface area contributed by atoms with Crippen molar-refractivity contribution in [1.29, 1.82) is 0 Å². The summed E-state index contributed by atoms with van der Waals surface area (Å²) in [6.07, 6.45) is 3.29. The van der Waals surface area contributed by atoms with Crippen LogP contribution in [0.15, 0.2) is 18.5 Å². The van der Waals surface area contributed by atoms with Gasteiger partial charge in [-0.3, -0.25) is 4.98 Å². The summed E-state index contributed by atoms with van der Waals surface area (Å²) in [5.41, 5.74) is 0.508. The number of nitrogens with zero attached hydrogens (tertiary/aromatic N) is 1. The van der Waals surface area contributed by atoms with Crippen LogP contribution in [0.5, 0.6) is 0 Å². The quantitative estimate of drug-likeness (QED) is 0.897. The molecular weight excluding hydrogens is 255 g/mol. The van der Waals surface area contributed by atoms with Crippen LogP contribution in [0.1, 0.15) is 24.9 Å². The summed E-state index contributed by atoms with van der Waals surface area (Å²) < 4.78 is 36.8. The van der Waals surface area contributed by atoms with Crippen LogP contribution < -0.4 is 5.32 Å². The van der Waals surface area contributed by atoms with Gasteiger partial charge in [0.2, 0.25) is 0 Å². The summed E-state index contributed by atoms with van der Waals surface area (Å²) in [6, 6.07) is 1.36. The van der Waals surface area contributed by atoms with Gasteiger partial charge in [-0.05, 0) is 24.9 Å². The molecule has 1 aromatic heterocycles. The van der Waals surface area contributed by atoms with Gasteiger partial charge in [0.05, 0.1) is 17.7 Å². The lowest BCUT2D eigenvalue weighted by atomic mass is 9.93. The maximum atomic E-state index is 13.8. The standard InChI is InChI=1S/C12H17FN2O2S/c1-2-15-12(9-4-6-18(16,17)8-9)10-3-5-14-7-11(10)13/h3,5,7,9,12,15H,2,4,6,8H2,1H3. The molecule has 0 amide bonds. The lowest BCUT2D eigenvalue weighted by molar-refractivity contribution is 0.386. The minimum absolute atomic E-state index is 0.0631. The van der Waals surface area contributed by atoms with E-state index in [9.17, 15) is 12.8 Å². The van der Waals surface area contributed by atoms with Gasteiger partial charge in [-0.25, -0.2) is 12.8 Å². The summed E-state index contributed by atoms with van der Waals surface area (Å²) in [5, 5.41) is 3.19. The van der Waals surface area contributed by atoms with E-state index < -0.39 is 9.84 Å². The SMILES string of the molecule is CCNC(c1ccncc1F)C1CCS(=O)(=O)C1. The molecule has 1 fully saturated rings. The van der Waals surface area contributed by atoms with Gasteiger partial charge >= 0.3 is 0 Å². The lowest BCUT2D eigenvalue weighted by Crippen LogP contribution is -2.29. The minimum Gasteiger partial charge on any atom is -0.310 e. The van der Waals surface area contributed by atoms with E-state index in [-0.39, 0.29) is 29.3 Å². The zero-order valence-electron chi connectivity index (χ0n) is 10.3. The van der Waals surface area contributed by atoms with E-state index in [1.165, 1.54) is 12.4 Å². The third-order valence-electron chi connectivity index (χ3n) is 3.30. The Hall–Kier alpha value is -1.01. The molecule has 1 aliphatic rings. The molecule has 0 aromatic carbocycles. The summed E-state index contributed by atoms with van der Waals surface area (Å²) in [5.74, 6) is -0.113. The Morgan fingerprint density at radius 1 is 1.61 bits per heavy atom. The largest absolute Gasteiger partial charge is 0.310 e. The van der Waals surface area contributed by atoms with E-state index in [1.54, 1.807) is 6.07 Å². The van der Waals surface area contributed by atoms with Crippen LogP contribution in [0.4, 0.5) is 4.39 Å². The predicted octanol–water partition coefficient (Wildman–Crippen LogP) is 1.31. The van der Waals surface area contributed by atoms with Gasteiger partial charge < -0.3 is 5.32 Å². The fourth-order valence-electron chi connectivity index (χ4n) is 2.48. The van der Waals surface area contributed by atoms with Crippen molar-refractivity contribution >= 4 is 9.84 Å². The monoisotopic (exact) mass is 272 g/mol. The number of hydrogen-bond acceptors (Lipinski definition) is 4. The molecule has 2 atom stereocenters. The van der Waals surface area contributed by atoms with E-state index in [0.29, 0.717) is 18.5 Å². The second-order valence-electron chi connectivity index (χ2n) is 4.60. The van der Waals surface area contributed by atoms with Gasteiger partial charge in [0.15, 0.2) is 9.84 Å². The third kappa shape index (κ3) is 2.87. The Labute approximate surface area is 107 Å². The van der Waals surface area contributed by atoms with Gasteiger partial charge in [0.1, 0.15) is 5.82 Å². The van der Waals surface area contributed by atoms with Gasteiger partial charge in [-0.2, -0.15) is 0 Å². The van der Waals surface area contributed by atoms with Crippen LogP contribution in [-0.2, 0) is 9.84 Å². The van der Waals surface area contributed by atoms with Crippen LogP contribution in [-0.4, -0.2) is 31.5 Å². The van der Waals surface area contributed by atoms with Crippen molar-refractivity contribution in [3.63, 3.8) is 0 Å². The number of rotatable bonds is 4. The molecule has 6 heteroatoms. The van der Waals surface area contributed by atoms with Crippen molar-refractivity contribution in [1.82, 2.24) is 10.3 Å². The second-order valence-corrected chi connectivity index (χ2v) is 6.82. The maximum Gasteiger partial charge on any atom is 0.150 e. The van der Waals surface area contributed by atoms with E-state index in [0.717, 1.165) is 0 Å². The minimum atomic E-state index is -2.96. The average molecular weight is 272 g/mol. The highest BCUT2D eigenvalue weighted by Crippen LogP contribution is 2.32. The number of nitrogens with one attached hydrogen (secondary N) is 1. The molecule has 0 aliphatic carbocycles. The molecule has 2 rings (SSSR count). The second kappa shape index (κ2) is 5.32. The first-order valence-corrected chi connectivity index (χ1v) is 7.89. The molecule has 2 heterocycles. The number of halogens is 1. The number of pyridine rings is 1. The Morgan fingerprint density at radius 2 is 2.39 bits per heavy atom. The first kappa shape index (κ1) is 13.4. The summed E-state index contributed by atoms with van der Waals surface area (Å²) in [7, 11) is -2.96. The molecule has 1 aromatic rings. The first-order chi connectivity index (χ1) is 8.53. The molecular formula is C12H17FN2O2S. The highest BCUT2D eigenvalue weighted by molar-refractivity contribution is 7.91. The molecule has 100 valence electrons. The number of hydrogen-bond donors (Lipinski definition) is 1. The van der Waals surface area contributed by atoms with E-state index in [2.05, 4.69) is 10.3 Å². The van der Waals surface area contributed by atoms with E-state index in [4.69, 9.17) is 0 Å². The maximum absolute atomic E-state index is 13.8. The summed E-state index contributed by atoms with van der Waals surface area (Å²) >= 11 is 0. The highest BCUT2D eigenvalue weighted by atomic mass is 32.2. The van der Waals surface area contributed by atoms with Crippen LogP contribution in [0.2, 0.25) is 0 Å². The topological polar surface area (TPSA) is 59.1 Å². The van der Waals surface area contributed by atoms with Crippen molar-refractivity contribution in [2.45, 2.75) is 19.4 Å².